The van der Waals surface area contributed by atoms with E-state index in [2.05, 4.69) is 37.5 Å². The number of nitrogens with zero attached hydrogens (tertiary/aromatic N) is 1. The molecule has 4 heteroatoms. The van der Waals surface area contributed by atoms with Gasteiger partial charge in [0.15, 0.2) is 18.9 Å². The quantitative estimate of drug-likeness (QED) is 0.374. The molecule has 1 aliphatic heterocycles. The predicted molar refractivity (Wildman–Crippen MR) is 152 cm³/mol. The second-order valence-corrected chi connectivity index (χ2v) is 10.8. The van der Waals surface area contributed by atoms with Crippen LogP contribution in [0.3, 0.4) is 0 Å². The van der Waals surface area contributed by atoms with Gasteiger partial charge in [-0.2, -0.15) is 0 Å². The summed E-state index contributed by atoms with van der Waals surface area (Å²) in [6.07, 6.45) is 12.3. The molecule has 4 nitrogen and oxygen atoms in total. The minimum absolute atomic E-state index is 0.206. The number of aromatic nitrogens is 1. The van der Waals surface area contributed by atoms with Crippen molar-refractivity contribution in [2.24, 2.45) is 11.3 Å². The number of rotatable bonds is 6. The van der Waals surface area contributed by atoms with Gasteiger partial charge in [-0.05, 0) is 29.4 Å². The molecular formula is C34H32NO3+. The lowest BCUT2D eigenvalue weighted by Gasteiger charge is -2.29. The Bertz CT molecular complexity index is 1650. The maximum absolute atomic E-state index is 13.0. The van der Waals surface area contributed by atoms with Crippen molar-refractivity contribution in [2.45, 2.75) is 33.7 Å². The SMILES string of the molecule is CC(C)(C)C1=CC(C=c2c(=O)c(=Cc3cc[n+](CCc4ccccc4)cc3)c2=O)C=C(c2ccccc2)O1. The van der Waals surface area contributed by atoms with Gasteiger partial charge in [0.05, 0.1) is 10.4 Å². The summed E-state index contributed by atoms with van der Waals surface area (Å²) in [7, 11) is 0. The highest BCUT2D eigenvalue weighted by atomic mass is 16.5. The van der Waals surface area contributed by atoms with Crippen LogP contribution in [0.2, 0.25) is 0 Å². The Morgan fingerprint density at radius 3 is 2.08 bits per heavy atom. The third-order valence-electron chi connectivity index (χ3n) is 6.77. The Balaban J connectivity index is 1.39. The number of hydrogen-bond donors (Lipinski definition) is 0. The van der Waals surface area contributed by atoms with Crippen LogP contribution in [0.5, 0.6) is 0 Å². The summed E-state index contributed by atoms with van der Waals surface area (Å²) >= 11 is 0. The maximum atomic E-state index is 13.0. The van der Waals surface area contributed by atoms with E-state index in [1.807, 2.05) is 85.2 Å². The molecule has 0 saturated heterocycles. The highest BCUT2D eigenvalue weighted by molar-refractivity contribution is 5.64. The van der Waals surface area contributed by atoms with Crippen LogP contribution in [0.25, 0.3) is 17.9 Å². The van der Waals surface area contributed by atoms with Gasteiger partial charge in [-0.25, -0.2) is 4.57 Å². The van der Waals surface area contributed by atoms with Gasteiger partial charge in [0.1, 0.15) is 11.5 Å². The largest absolute Gasteiger partial charge is 0.461 e. The highest BCUT2D eigenvalue weighted by Gasteiger charge is 2.25. The Morgan fingerprint density at radius 2 is 1.45 bits per heavy atom. The van der Waals surface area contributed by atoms with Crippen molar-refractivity contribution in [1.82, 2.24) is 0 Å². The van der Waals surface area contributed by atoms with Crippen LogP contribution < -0.4 is 25.9 Å². The lowest BCUT2D eigenvalue weighted by atomic mass is 9.88. The monoisotopic (exact) mass is 502 g/mol. The number of aryl methyl sites for hydroxylation is 2. The Labute approximate surface area is 222 Å². The van der Waals surface area contributed by atoms with E-state index in [9.17, 15) is 9.59 Å². The average molecular weight is 503 g/mol. The number of hydrogen-bond acceptors (Lipinski definition) is 3. The molecule has 1 atom stereocenters. The first-order chi connectivity index (χ1) is 18.3. The topological polar surface area (TPSA) is 47.2 Å². The fraction of sp³-hybridized carbons (Fsp3) is 0.206. The molecule has 38 heavy (non-hydrogen) atoms. The van der Waals surface area contributed by atoms with Crippen LogP contribution in [-0.2, 0) is 17.7 Å². The first kappa shape index (κ1) is 25.3. The van der Waals surface area contributed by atoms with Gasteiger partial charge >= 0.3 is 0 Å². The summed E-state index contributed by atoms with van der Waals surface area (Å²) in [6.45, 7) is 7.12. The third kappa shape index (κ3) is 5.65. The van der Waals surface area contributed by atoms with Crippen LogP contribution in [0.4, 0.5) is 0 Å². The van der Waals surface area contributed by atoms with Crippen LogP contribution in [0, 0.1) is 11.3 Å². The first-order valence-electron chi connectivity index (χ1n) is 13.0. The van der Waals surface area contributed by atoms with Crippen LogP contribution >= 0.6 is 0 Å². The van der Waals surface area contributed by atoms with Crippen molar-refractivity contribution in [3.05, 3.63) is 151 Å². The minimum atomic E-state index is -0.213. The van der Waals surface area contributed by atoms with Gasteiger partial charge in [0.2, 0.25) is 10.9 Å². The van der Waals surface area contributed by atoms with Gasteiger partial charge in [-0.3, -0.25) is 9.59 Å². The van der Waals surface area contributed by atoms with E-state index >= 15 is 0 Å². The minimum Gasteiger partial charge on any atom is -0.461 e. The summed E-state index contributed by atoms with van der Waals surface area (Å²) in [4.78, 5) is 25.9. The number of pyridine rings is 1. The molecule has 0 fully saturated rings. The van der Waals surface area contributed by atoms with E-state index in [1.165, 1.54) is 5.56 Å². The molecule has 5 rings (SSSR count). The molecule has 0 N–H and O–H groups in total. The molecule has 0 amide bonds. The molecule has 190 valence electrons. The van der Waals surface area contributed by atoms with Crippen LogP contribution in [0.1, 0.15) is 37.5 Å². The molecule has 1 aliphatic rings. The average Bonchev–Trinajstić information content (AvgIpc) is 2.94. The highest BCUT2D eigenvalue weighted by Crippen LogP contribution is 2.36. The zero-order chi connectivity index (χ0) is 26.7. The Morgan fingerprint density at radius 1 is 0.816 bits per heavy atom. The van der Waals surface area contributed by atoms with E-state index in [0.29, 0.717) is 0 Å². The molecular weight excluding hydrogens is 470 g/mol. The van der Waals surface area contributed by atoms with Gasteiger partial charge in [0, 0.05) is 35.4 Å². The summed E-state index contributed by atoms with van der Waals surface area (Å²) in [5.41, 5.74) is 2.46. The van der Waals surface area contributed by atoms with Gasteiger partial charge in [0.25, 0.3) is 0 Å². The first-order valence-corrected chi connectivity index (χ1v) is 13.0. The molecule has 1 unspecified atom stereocenters. The molecule has 3 aromatic carbocycles. The molecule has 0 radical (unpaired) electrons. The summed E-state index contributed by atoms with van der Waals surface area (Å²) in [5.74, 6) is 1.35. The number of allylic oxidation sites excluding steroid dienone is 3. The van der Waals surface area contributed by atoms with E-state index in [0.717, 1.165) is 35.6 Å². The third-order valence-corrected chi connectivity index (χ3v) is 6.77. The number of ether oxygens (including phenoxy) is 1. The lowest BCUT2D eigenvalue weighted by Crippen LogP contribution is -2.64. The predicted octanol–water partition coefficient (Wildman–Crippen LogP) is 4.04. The standard InChI is InChI=1S/C34H32NO3/c1-34(2,3)31-23-26(22-30(38-31)27-12-8-5-9-13-27)21-29-32(36)28(33(29)37)20-25-15-18-35(19-16-25)17-14-24-10-6-4-7-11-24/h4-13,15-16,18-23,26H,14,17H2,1-3H3/q+1. The van der Waals surface area contributed by atoms with Gasteiger partial charge < -0.3 is 4.74 Å². The zero-order valence-corrected chi connectivity index (χ0v) is 22.1. The van der Waals surface area contributed by atoms with E-state index in [1.54, 1.807) is 12.2 Å². The van der Waals surface area contributed by atoms with E-state index in [4.69, 9.17) is 4.74 Å². The Kier molecular flexibility index (Phi) is 7.06. The summed E-state index contributed by atoms with van der Waals surface area (Å²) in [6, 6.07) is 24.1. The second-order valence-electron chi connectivity index (χ2n) is 10.8. The van der Waals surface area contributed by atoms with Gasteiger partial charge in [-0.15, -0.1) is 0 Å². The normalized spacial score (nSPS) is 15.4. The van der Waals surface area contributed by atoms with E-state index < -0.39 is 0 Å². The molecule has 4 aromatic rings. The Hall–Kier alpha value is -4.31. The van der Waals surface area contributed by atoms with E-state index in [-0.39, 0.29) is 32.6 Å². The van der Waals surface area contributed by atoms with Crippen molar-refractivity contribution in [3.63, 3.8) is 0 Å². The van der Waals surface area contributed by atoms with Crippen molar-refractivity contribution >= 4 is 17.9 Å². The summed E-state index contributed by atoms with van der Waals surface area (Å²) in [5, 5.41) is 0.475. The molecule has 2 heterocycles. The smallest absolute Gasteiger partial charge is 0.200 e. The molecule has 0 saturated carbocycles. The number of benzene rings is 2. The van der Waals surface area contributed by atoms with Gasteiger partial charge in [-0.1, -0.05) is 87.5 Å². The molecule has 0 spiro atoms. The van der Waals surface area contributed by atoms with Crippen molar-refractivity contribution in [2.75, 3.05) is 0 Å². The molecule has 0 bridgehead atoms. The fourth-order valence-electron chi connectivity index (χ4n) is 4.53. The van der Waals surface area contributed by atoms with Crippen LogP contribution in [-0.4, -0.2) is 0 Å². The summed E-state index contributed by atoms with van der Waals surface area (Å²) < 4.78 is 8.32. The lowest BCUT2D eigenvalue weighted by molar-refractivity contribution is -0.696. The van der Waals surface area contributed by atoms with Crippen molar-refractivity contribution < 1.29 is 9.30 Å². The zero-order valence-electron chi connectivity index (χ0n) is 22.1. The van der Waals surface area contributed by atoms with Crippen molar-refractivity contribution in [3.8, 4) is 0 Å². The van der Waals surface area contributed by atoms with Crippen molar-refractivity contribution in [1.29, 1.82) is 0 Å². The maximum Gasteiger partial charge on any atom is 0.200 e. The second kappa shape index (κ2) is 10.6. The van der Waals surface area contributed by atoms with Crippen LogP contribution in [0.15, 0.2) is 113 Å². The molecule has 1 aromatic heterocycles. The molecule has 0 aliphatic carbocycles. The fourth-order valence-corrected chi connectivity index (χ4v) is 4.53.